The van der Waals surface area contributed by atoms with Crippen LogP contribution in [0.15, 0.2) is 18.2 Å². The predicted octanol–water partition coefficient (Wildman–Crippen LogP) is 2.34. The molecule has 0 bridgehead atoms. The quantitative estimate of drug-likeness (QED) is 0.808. The van der Waals surface area contributed by atoms with Crippen LogP contribution in [0.3, 0.4) is 0 Å². The summed E-state index contributed by atoms with van der Waals surface area (Å²) in [7, 11) is 0. The lowest BCUT2D eigenvalue weighted by Gasteiger charge is -2.16. The van der Waals surface area contributed by atoms with Crippen molar-refractivity contribution < 1.29 is 9.53 Å². The van der Waals surface area contributed by atoms with Gasteiger partial charge in [0.1, 0.15) is 5.75 Å². The summed E-state index contributed by atoms with van der Waals surface area (Å²) in [5.74, 6) is 0.705. The number of benzene rings is 1. The summed E-state index contributed by atoms with van der Waals surface area (Å²) >= 11 is 5.98. The van der Waals surface area contributed by atoms with Gasteiger partial charge in [-0.05, 0) is 37.6 Å². The number of hydrogen-bond donors (Lipinski definition) is 2. The molecule has 1 aromatic rings. The Bertz CT molecular complexity index is 435. The van der Waals surface area contributed by atoms with Crippen molar-refractivity contribution in [3.05, 3.63) is 28.8 Å². The van der Waals surface area contributed by atoms with Crippen LogP contribution in [0.25, 0.3) is 0 Å². The molecule has 5 heteroatoms. The van der Waals surface area contributed by atoms with E-state index in [0.717, 1.165) is 12.1 Å². The van der Waals surface area contributed by atoms with E-state index in [4.69, 9.17) is 22.1 Å². The first-order chi connectivity index (χ1) is 8.90. The molecular formula is C14H21ClN2O2. The van der Waals surface area contributed by atoms with Gasteiger partial charge in [-0.1, -0.05) is 25.4 Å². The van der Waals surface area contributed by atoms with Crippen molar-refractivity contribution >= 4 is 17.5 Å². The molecule has 1 amide bonds. The number of primary amides is 1. The van der Waals surface area contributed by atoms with E-state index in [1.807, 2.05) is 6.07 Å². The molecule has 3 N–H and O–H groups in total. The number of ether oxygens (including phenoxy) is 1. The molecule has 1 unspecified atom stereocenters. The van der Waals surface area contributed by atoms with Gasteiger partial charge in [0, 0.05) is 17.1 Å². The van der Waals surface area contributed by atoms with E-state index >= 15 is 0 Å². The highest BCUT2D eigenvalue weighted by Crippen LogP contribution is 2.24. The third kappa shape index (κ3) is 5.49. The van der Waals surface area contributed by atoms with Gasteiger partial charge >= 0.3 is 0 Å². The molecule has 0 saturated heterocycles. The molecule has 0 radical (unpaired) electrons. The van der Waals surface area contributed by atoms with E-state index in [1.54, 1.807) is 19.1 Å². The highest BCUT2D eigenvalue weighted by molar-refractivity contribution is 6.30. The van der Waals surface area contributed by atoms with Gasteiger partial charge < -0.3 is 15.8 Å². The van der Waals surface area contributed by atoms with Crippen LogP contribution in [0.2, 0.25) is 5.02 Å². The Labute approximate surface area is 119 Å². The molecule has 106 valence electrons. The zero-order valence-electron chi connectivity index (χ0n) is 11.6. The maximum atomic E-state index is 11.0. The molecule has 0 aliphatic rings. The Morgan fingerprint density at radius 3 is 2.68 bits per heavy atom. The van der Waals surface area contributed by atoms with Crippen LogP contribution in [-0.2, 0) is 11.3 Å². The highest BCUT2D eigenvalue weighted by Gasteiger charge is 2.13. The third-order valence-corrected chi connectivity index (χ3v) is 2.83. The minimum absolute atomic E-state index is 0.490. The van der Waals surface area contributed by atoms with Gasteiger partial charge in [-0.2, -0.15) is 0 Å². The SMILES string of the molecule is CC(C)CNCc1cc(Cl)ccc1OC(C)C(N)=O. The molecule has 1 rings (SSSR count). The number of amides is 1. The topological polar surface area (TPSA) is 64.3 Å². The summed E-state index contributed by atoms with van der Waals surface area (Å²) in [6.07, 6.45) is -0.662. The fourth-order valence-corrected chi connectivity index (χ4v) is 1.74. The zero-order valence-corrected chi connectivity index (χ0v) is 12.3. The lowest BCUT2D eigenvalue weighted by Crippen LogP contribution is -2.31. The van der Waals surface area contributed by atoms with Gasteiger partial charge in [-0.15, -0.1) is 0 Å². The van der Waals surface area contributed by atoms with Crippen LogP contribution < -0.4 is 15.8 Å². The number of hydrogen-bond acceptors (Lipinski definition) is 3. The molecule has 0 spiro atoms. The van der Waals surface area contributed by atoms with Crippen molar-refractivity contribution in [2.45, 2.75) is 33.4 Å². The monoisotopic (exact) mass is 284 g/mol. The Morgan fingerprint density at radius 1 is 1.42 bits per heavy atom. The normalized spacial score (nSPS) is 12.5. The van der Waals surface area contributed by atoms with E-state index in [1.165, 1.54) is 0 Å². The molecule has 4 nitrogen and oxygen atoms in total. The van der Waals surface area contributed by atoms with Crippen LogP contribution in [0, 0.1) is 5.92 Å². The van der Waals surface area contributed by atoms with Crippen molar-refractivity contribution in [2.75, 3.05) is 6.54 Å². The van der Waals surface area contributed by atoms with Crippen molar-refractivity contribution in [3.8, 4) is 5.75 Å². The Balaban J connectivity index is 2.76. The van der Waals surface area contributed by atoms with E-state index in [0.29, 0.717) is 23.2 Å². The second-order valence-corrected chi connectivity index (χ2v) is 5.38. The van der Waals surface area contributed by atoms with Gasteiger partial charge in [0.25, 0.3) is 5.91 Å². The number of nitrogens with two attached hydrogens (primary N) is 1. The van der Waals surface area contributed by atoms with Gasteiger partial charge in [-0.25, -0.2) is 0 Å². The predicted molar refractivity (Wildman–Crippen MR) is 77.3 cm³/mol. The first-order valence-corrected chi connectivity index (χ1v) is 6.73. The molecular weight excluding hydrogens is 264 g/mol. The summed E-state index contributed by atoms with van der Waals surface area (Å²) in [5, 5.41) is 3.96. The summed E-state index contributed by atoms with van der Waals surface area (Å²) in [5.41, 5.74) is 6.12. The van der Waals surface area contributed by atoms with Crippen LogP contribution in [0.5, 0.6) is 5.75 Å². The standard InChI is InChI=1S/C14H21ClN2O2/c1-9(2)7-17-8-11-6-12(15)4-5-13(11)19-10(3)14(16)18/h4-6,9-10,17H,7-8H2,1-3H3,(H2,16,18). The molecule has 1 aromatic carbocycles. The van der Waals surface area contributed by atoms with Crippen molar-refractivity contribution in [2.24, 2.45) is 11.7 Å². The lowest BCUT2D eigenvalue weighted by molar-refractivity contribution is -0.124. The largest absolute Gasteiger partial charge is 0.481 e. The molecule has 0 fully saturated rings. The highest BCUT2D eigenvalue weighted by atomic mass is 35.5. The van der Waals surface area contributed by atoms with Crippen LogP contribution in [-0.4, -0.2) is 18.6 Å². The molecule has 19 heavy (non-hydrogen) atoms. The second kappa shape index (κ2) is 7.36. The molecule has 0 saturated carbocycles. The molecule has 0 heterocycles. The zero-order chi connectivity index (χ0) is 14.4. The number of nitrogens with one attached hydrogen (secondary N) is 1. The van der Waals surface area contributed by atoms with Crippen molar-refractivity contribution in [1.82, 2.24) is 5.32 Å². The van der Waals surface area contributed by atoms with Gasteiger partial charge in [0.2, 0.25) is 0 Å². The summed E-state index contributed by atoms with van der Waals surface area (Å²) < 4.78 is 5.55. The van der Waals surface area contributed by atoms with Gasteiger partial charge in [0.15, 0.2) is 6.10 Å². The first-order valence-electron chi connectivity index (χ1n) is 6.35. The Morgan fingerprint density at radius 2 is 2.11 bits per heavy atom. The summed E-state index contributed by atoms with van der Waals surface area (Å²) in [6.45, 7) is 7.44. The fourth-order valence-electron chi connectivity index (χ4n) is 1.55. The van der Waals surface area contributed by atoms with E-state index in [-0.39, 0.29) is 0 Å². The van der Waals surface area contributed by atoms with Crippen LogP contribution >= 0.6 is 11.6 Å². The summed E-state index contributed by atoms with van der Waals surface area (Å²) in [6, 6.07) is 5.32. The number of carbonyl (C=O) groups excluding carboxylic acids is 1. The van der Waals surface area contributed by atoms with Crippen LogP contribution in [0.1, 0.15) is 26.3 Å². The Kier molecular flexibility index (Phi) is 6.12. The van der Waals surface area contributed by atoms with Gasteiger partial charge in [-0.3, -0.25) is 4.79 Å². The Hall–Kier alpha value is -1.26. The molecule has 1 atom stereocenters. The minimum atomic E-state index is -0.662. The molecule has 0 aromatic heterocycles. The average molecular weight is 285 g/mol. The third-order valence-electron chi connectivity index (χ3n) is 2.59. The number of rotatable bonds is 7. The smallest absolute Gasteiger partial charge is 0.258 e. The number of carbonyl (C=O) groups is 1. The van der Waals surface area contributed by atoms with E-state index < -0.39 is 12.0 Å². The molecule has 0 aliphatic carbocycles. The lowest BCUT2D eigenvalue weighted by atomic mass is 10.1. The summed E-state index contributed by atoms with van der Waals surface area (Å²) in [4.78, 5) is 11.0. The van der Waals surface area contributed by atoms with Crippen molar-refractivity contribution in [1.29, 1.82) is 0 Å². The van der Waals surface area contributed by atoms with E-state index in [2.05, 4.69) is 19.2 Å². The minimum Gasteiger partial charge on any atom is -0.481 e. The fraction of sp³-hybridized carbons (Fsp3) is 0.500. The maximum absolute atomic E-state index is 11.0. The molecule has 0 aliphatic heterocycles. The maximum Gasteiger partial charge on any atom is 0.258 e. The second-order valence-electron chi connectivity index (χ2n) is 4.94. The average Bonchev–Trinajstić information content (AvgIpc) is 2.31. The van der Waals surface area contributed by atoms with E-state index in [9.17, 15) is 4.79 Å². The number of halogens is 1. The van der Waals surface area contributed by atoms with Crippen molar-refractivity contribution in [3.63, 3.8) is 0 Å². The van der Waals surface area contributed by atoms with Crippen LogP contribution in [0.4, 0.5) is 0 Å². The van der Waals surface area contributed by atoms with Gasteiger partial charge in [0.05, 0.1) is 0 Å². The first kappa shape index (κ1) is 15.8.